The normalized spacial score (nSPS) is 17.3. The topological polar surface area (TPSA) is 63.8 Å². The zero-order valence-electron chi connectivity index (χ0n) is 12.7. The number of aryl methyl sites for hydroxylation is 2. The summed E-state index contributed by atoms with van der Waals surface area (Å²) in [5.41, 5.74) is 9.85. The van der Waals surface area contributed by atoms with E-state index in [4.69, 9.17) is 5.73 Å². The molecule has 1 aromatic carbocycles. The molecule has 0 spiro atoms. The average Bonchev–Trinajstić information content (AvgIpc) is 2.51. The number of anilines is 2. The zero-order valence-corrected chi connectivity index (χ0v) is 12.7. The fraction of sp³-hybridized carbons (Fsp3) is 0.412. The predicted octanol–water partition coefficient (Wildman–Crippen LogP) is 2.90. The highest BCUT2D eigenvalue weighted by Gasteiger charge is 2.19. The molecule has 1 atom stereocenters. The van der Waals surface area contributed by atoms with Crippen molar-refractivity contribution in [3.05, 3.63) is 46.8 Å². The van der Waals surface area contributed by atoms with E-state index in [1.54, 1.807) is 0 Å². The van der Waals surface area contributed by atoms with E-state index in [0.29, 0.717) is 11.9 Å². The summed E-state index contributed by atoms with van der Waals surface area (Å²) in [5.74, 6) is 2.28. The first-order valence-electron chi connectivity index (χ1n) is 7.63. The van der Waals surface area contributed by atoms with Gasteiger partial charge in [-0.2, -0.15) is 0 Å². The molecule has 4 heteroatoms. The highest BCUT2D eigenvalue weighted by Crippen LogP contribution is 2.25. The van der Waals surface area contributed by atoms with Gasteiger partial charge in [0.25, 0.3) is 0 Å². The minimum Gasteiger partial charge on any atom is -0.383 e. The number of aromatic nitrogens is 2. The molecule has 2 aromatic rings. The maximum absolute atomic E-state index is 5.99. The summed E-state index contributed by atoms with van der Waals surface area (Å²) < 4.78 is 0. The van der Waals surface area contributed by atoms with Crippen LogP contribution in [0.15, 0.2) is 24.3 Å². The van der Waals surface area contributed by atoms with Crippen molar-refractivity contribution in [2.24, 2.45) is 0 Å². The van der Waals surface area contributed by atoms with Gasteiger partial charge in [0.15, 0.2) is 0 Å². The van der Waals surface area contributed by atoms with E-state index in [-0.39, 0.29) is 0 Å². The Morgan fingerprint density at radius 3 is 2.76 bits per heavy atom. The molecular formula is C17H22N4. The van der Waals surface area contributed by atoms with Gasteiger partial charge in [-0.1, -0.05) is 31.2 Å². The highest BCUT2D eigenvalue weighted by atomic mass is 15.1. The molecule has 0 saturated carbocycles. The molecule has 0 fully saturated rings. The second-order valence-electron chi connectivity index (χ2n) is 5.71. The third-order valence-electron chi connectivity index (χ3n) is 4.23. The zero-order chi connectivity index (χ0) is 14.8. The number of benzene rings is 1. The number of nitrogens with zero attached hydrogens (tertiary/aromatic N) is 2. The number of rotatable bonds is 3. The maximum atomic E-state index is 5.99. The minimum absolute atomic E-state index is 0.414. The van der Waals surface area contributed by atoms with Crippen molar-refractivity contribution in [1.82, 2.24) is 9.97 Å². The predicted molar refractivity (Wildman–Crippen MR) is 86.4 cm³/mol. The molecule has 1 unspecified atom stereocenters. The Kier molecular flexibility index (Phi) is 3.78. The molecule has 0 saturated heterocycles. The lowest BCUT2D eigenvalue weighted by atomic mass is 9.88. The Labute approximate surface area is 125 Å². The van der Waals surface area contributed by atoms with Crippen molar-refractivity contribution in [3.63, 3.8) is 0 Å². The number of nitrogens with two attached hydrogens (primary N) is 1. The summed E-state index contributed by atoms with van der Waals surface area (Å²) in [4.78, 5) is 8.91. The van der Waals surface area contributed by atoms with Crippen LogP contribution in [0.3, 0.4) is 0 Å². The first-order chi connectivity index (χ1) is 10.2. The Morgan fingerprint density at radius 2 is 2.00 bits per heavy atom. The van der Waals surface area contributed by atoms with Gasteiger partial charge in [-0.15, -0.1) is 0 Å². The van der Waals surface area contributed by atoms with E-state index in [2.05, 4.69) is 39.6 Å². The van der Waals surface area contributed by atoms with Gasteiger partial charge >= 0.3 is 0 Å². The molecule has 110 valence electrons. The van der Waals surface area contributed by atoms with Crippen molar-refractivity contribution in [2.45, 2.75) is 45.6 Å². The average molecular weight is 282 g/mol. The fourth-order valence-electron chi connectivity index (χ4n) is 2.90. The second kappa shape index (κ2) is 5.72. The third kappa shape index (κ3) is 2.84. The lowest BCUT2D eigenvalue weighted by Crippen LogP contribution is -2.28. The first-order valence-corrected chi connectivity index (χ1v) is 7.63. The Balaban J connectivity index is 1.81. The van der Waals surface area contributed by atoms with Crippen LogP contribution in [0, 0.1) is 6.92 Å². The van der Waals surface area contributed by atoms with Gasteiger partial charge in [0.05, 0.1) is 0 Å². The van der Waals surface area contributed by atoms with Gasteiger partial charge in [-0.25, -0.2) is 9.97 Å². The van der Waals surface area contributed by atoms with Crippen LogP contribution >= 0.6 is 0 Å². The van der Waals surface area contributed by atoms with Crippen molar-refractivity contribution >= 4 is 11.6 Å². The molecule has 1 heterocycles. The van der Waals surface area contributed by atoms with Crippen LogP contribution < -0.4 is 11.1 Å². The van der Waals surface area contributed by atoms with Crippen molar-refractivity contribution < 1.29 is 0 Å². The van der Waals surface area contributed by atoms with Crippen LogP contribution in [-0.2, 0) is 19.3 Å². The molecule has 1 aliphatic rings. The largest absolute Gasteiger partial charge is 0.383 e. The number of nitrogens with one attached hydrogen (secondary N) is 1. The number of fused-ring (bicyclic) bond motifs is 1. The Bertz CT molecular complexity index is 651. The summed E-state index contributed by atoms with van der Waals surface area (Å²) in [6.45, 7) is 4.03. The monoisotopic (exact) mass is 282 g/mol. The van der Waals surface area contributed by atoms with E-state index in [0.717, 1.165) is 42.9 Å². The molecular weight excluding hydrogens is 260 g/mol. The number of hydrogen-bond donors (Lipinski definition) is 2. The molecule has 4 nitrogen and oxygen atoms in total. The van der Waals surface area contributed by atoms with Crippen molar-refractivity contribution in [2.75, 3.05) is 11.1 Å². The molecule has 21 heavy (non-hydrogen) atoms. The summed E-state index contributed by atoms with van der Waals surface area (Å²) >= 11 is 0. The van der Waals surface area contributed by atoms with Crippen LogP contribution in [-0.4, -0.2) is 16.0 Å². The molecule has 0 bridgehead atoms. The van der Waals surface area contributed by atoms with Crippen LogP contribution in [0.4, 0.5) is 11.6 Å². The van der Waals surface area contributed by atoms with Crippen LogP contribution in [0.1, 0.15) is 35.9 Å². The van der Waals surface area contributed by atoms with E-state index >= 15 is 0 Å². The highest BCUT2D eigenvalue weighted by molar-refractivity contribution is 5.55. The van der Waals surface area contributed by atoms with E-state index in [9.17, 15) is 0 Å². The van der Waals surface area contributed by atoms with Crippen molar-refractivity contribution in [3.8, 4) is 0 Å². The molecule has 0 aliphatic heterocycles. The standard InChI is InChI=1S/C17H22N4/c1-3-15-20-16(18)11(2)17(21-15)19-14-9-8-12-6-4-5-7-13(12)10-14/h4-7,14H,3,8-10H2,1-2H3,(H3,18,19,20,21). The van der Waals surface area contributed by atoms with E-state index in [1.807, 2.05) is 13.8 Å². The molecule has 1 aliphatic carbocycles. The van der Waals surface area contributed by atoms with E-state index in [1.165, 1.54) is 11.1 Å². The van der Waals surface area contributed by atoms with E-state index < -0.39 is 0 Å². The summed E-state index contributed by atoms with van der Waals surface area (Å²) in [6.07, 6.45) is 4.09. The van der Waals surface area contributed by atoms with Crippen LogP contribution in [0.2, 0.25) is 0 Å². The summed E-state index contributed by atoms with van der Waals surface area (Å²) in [5, 5.41) is 3.57. The summed E-state index contributed by atoms with van der Waals surface area (Å²) in [6, 6.07) is 9.11. The second-order valence-corrected chi connectivity index (χ2v) is 5.71. The molecule has 0 amide bonds. The minimum atomic E-state index is 0.414. The molecule has 0 radical (unpaired) electrons. The van der Waals surface area contributed by atoms with Gasteiger partial charge in [-0.05, 0) is 37.3 Å². The van der Waals surface area contributed by atoms with Crippen molar-refractivity contribution in [1.29, 1.82) is 0 Å². The summed E-state index contributed by atoms with van der Waals surface area (Å²) in [7, 11) is 0. The number of nitrogen functional groups attached to an aromatic ring is 1. The quantitative estimate of drug-likeness (QED) is 0.908. The lowest BCUT2D eigenvalue weighted by Gasteiger charge is -2.26. The molecule has 3 rings (SSSR count). The van der Waals surface area contributed by atoms with Gasteiger partial charge in [-0.3, -0.25) is 0 Å². The smallest absolute Gasteiger partial charge is 0.134 e. The molecule has 3 N–H and O–H groups in total. The lowest BCUT2D eigenvalue weighted by molar-refractivity contribution is 0.607. The van der Waals surface area contributed by atoms with Gasteiger partial charge in [0, 0.05) is 18.0 Å². The van der Waals surface area contributed by atoms with Gasteiger partial charge < -0.3 is 11.1 Å². The Hall–Kier alpha value is -2.10. The number of hydrogen-bond acceptors (Lipinski definition) is 4. The SMILES string of the molecule is CCc1nc(N)c(C)c(NC2CCc3ccccc3C2)n1. The fourth-order valence-corrected chi connectivity index (χ4v) is 2.90. The van der Waals surface area contributed by atoms with Crippen LogP contribution in [0.25, 0.3) is 0 Å². The molecule has 1 aromatic heterocycles. The first kappa shape index (κ1) is 13.9. The van der Waals surface area contributed by atoms with Crippen LogP contribution in [0.5, 0.6) is 0 Å². The maximum Gasteiger partial charge on any atom is 0.134 e. The van der Waals surface area contributed by atoms with Gasteiger partial charge in [0.2, 0.25) is 0 Å². The Morgan fingerprint density at radius 1 is 1.24 bits per heavy atom. The third-order valence-corrected chi connectivity index (χ3v) is 4.23. The van der Waals surface area contributed by atoms with Gasteiger partial charge in [0.1, 0.15) is 17.5 Å².